The molecule has 1 heterocycles. The molecule has 0 aliphatic rings. The number of halogens is 3. The van der Waals surface area contributed by atoms with Crippen molar-refractivity contribution in [1.29, 1.82) is 0 Å². The summed E-state index contributed by atoms with van der Waals surface area (Å²) in [5.41, 5.74) is 8.85. The fourth-order valence-corrected chi connectivity index (χ4v) is 4.78. The first-order valence-electron chi connectivity index (χ1n) is 13.1. The van der Waals surface area contributed by atoms with E-state index >= 15 is 0 Å². The molecule has 0 fully saturated rings. The molecule has 0 amide bonds. The van der Waals surface area contributed by atoms with Crippen LogP contribution >= 0.6 is 23.2 Å². The van der Waals surface area contributed by atoms with Crippen molar-refractivity contribution in [3.05, 3.63) is 111 Å². The minimum Gasteiger partial charge on any atom is -0.478 e. The van der Waals surface area contributed by atoms with Gasteiger partial charge in [0.15, 0.2) is 0 Å². The molecular weight excluding hydrogens is 566 g/mol. The van der Waals surface area contributed by atoms with Crippen LogP contribution in [0.2, 0.25) is 10.0 Å². The van der Waals surface area contributed by atoms with Crippen LogP contribution in [0.25, 0.3) is 28.1 Å². The Balaban J connectivity index is 0.000000507. The number of H-pyrrole nitrogens is 1. The molecule has 0 radical (unpaired) electrons. The lowest BCUT2D eigenvalue weighted by Crippen LogP contribution is -2.76. The Hall–Kier alpha value is -3.46. The number of aromatic amines is 1. The van der Waals surface area contributed by atoms with E-state index in [1.165, 1.54) is 18.2 Å². The van der Waals surface area contributed by atoms with Crippen molar-refractivity contribution < 1.29 is 30.2 Å². The van der Waals surface area contributed by atoms with Crippen molar-refractivity contribution in [3.8, 4) is 0 Å². The zero-order valence-electron chi connectivity index (χ0n) is 22.9. The van der Waals surface area contributed by atoms with E-state index in [2.05, 4.69) is 10.7 Å². The fraction of sp³-hybridized carbons (Fsp3) is 0.219. The number of quaternary nitrogens is 1. The van der Waals surface area contributed by atoms with Crippen molar-refractivity contribution in [1.82, 2.24) is 4.98 Å². The number of allylic oxidation sites excluding steroid dienone is 1. The molecule has 0 aliphatic carbocycles. The SMILES string of the molecule is CC/C(=C(/c1ccc(/C=C/C(=O)O)cc1)c1[nH]c2ccccc2c1Cl)c1ccc(F)cc1Cl.CCC([NH3+])(CO)CO. The summed E-state index contributed by atoms with van der Waals surface area (Å²) < 4.78 is 13.8. The fourth-order valence-electron chi connectivity index (χ4n) is 4.19. The van der Waals surface area contributed by atoms with Crippen LogP contribution in [0.1, 0.15) is 49.1 Å². The predicted molar refractivity (Wildman–Crippen MR) is 164 cm³/mol. The Morgan fingerprint density at radius 2 is 1.68 bits per heavy atom. The number of carboxylic acids is 1. The third-order valence-corrected chi connectivity index (χ3v) is 7.55. The number of fused-ring (bicyclic) bond motifs is 1. The monoisotopic (exact) mass is 599 g/mol. The highest BCUT2D eigenvalue weighted by Crippen LogP contribution is 2.41. The van der Waals surface area contributed by atoms with Crippen molar-refractivity contribution in [2.24, 2.45) is 0 Å². The van der Waals surface area contributed by atoms with Crippen molar-refractivity contribution in [3.63, 3.8) is 0 Å². The molecule has 4 rings (SSSR count). The first-order chi connectivity index (χ1) is 19.6. The molecular formula is C32H34Cl2FN2O4+. The lowest BCUT2D eigenvalue weighted by molar-refractivity contribution is -0.490. The van der Waals surface area contributed by atoms with Gasteiger partial charge >= 0.3 is 5.97 Å². The summed E-state index contributed by atoms with van der Waals surface area (Å²) in [6.07, 6.45) is 3.95. The van der Waals surface area contributed by atoms with Crippen LogP contribution in [0.5, 0.6) is 0 Å². The first kappa shape index (κ1) is 32.1. The molecule has 1 aromatic heterocycles. The number of aromatic nitrogens is 1. The molecule has 0 unspecified atom stereocenters. The third kappa shape index (κ3) is 7.85. The van der Waals surface area contributed by atoms with E-state index in [-0.39, 0.29) is 13.2 Å². The second-order valence-electron chi connectivity index (χ2n) is 9.65. The van der Waals surface area contributed by atoms with Crippen molar-refractivity contribution in [2.45, 2.75) is 32.2 Å². The van der Waals surface area contributed by atoms with E-state index in [1.807, 2.05) is 62.4 Å². The van der Waals surface area contributed by atoms with Crippen LogP contribution in [-0.4, -0.2) is 45.0 Å². The predicted octanol–water partition coefficient (Wildman–Crippen LogP) is 6.44. The van der Waals surface area contributed by atoms with Crippen molar-refractivity contribution in [2.75, 3.05) is 13.2 Å². The van der Waals surface area contributed by atoms with Crippen molar-refractivity contribution >= 4 is 57.3 Å². The van der Waals surface area contributed by atoms with E-state index in [9.17, 15) is 9.18 Å². The number of benzene rings is 3. The minimum absolute atomic E-state index is 0.0417. The minimum atomic E-state index is -1.01. The number of para-hydroxylation sites is 1. The molecule has 4 aromatic rings. The molecule has 0 aliphatic heterocycles. The van der Waals surface area contributed by atoms with Crippen LogP contribution in [0, 0.1) is 5.82 Å². The first-order valence-corrected chi connectivity index (χ1v) is 13.9. The van der Waals surface area contributed by atoms with E-state index in [0.29, 0.717) is 22.9 Å². The Morgan fingerprint density at radius 1 is 1.02 bits per heavy atom. The third-order valence-electron chi connectivity index (χ3n) is 6.84. The van der Waals surface area contributed by atoms with Gasteiger partial charge in [0.1, 0.15) is 24.6 Å². The normalized spacial score (nSPS) is 12.3. The van der Waals surface area contributed by atoms with Gasteiger partial charge in [0.25, 0.3) is 0 Å². The summed E-state index contributed by atoms with van der Waals surface area (Å²) in [4.78, 5) is 14.3. The second-order valence-corrected chi connectivity index (χ2v) is 10.4. The standard InChI is InChI=1S/C27H20Cl2FNO2.C5H13NO2/c1-2-19(20-13-12-18(30)15-22(20)28)25(17-10-7-16(8-11-17)9-14-24(32)33)27-26(29)21-5-3-4-6-23(21)31-27;1-2-5(6,3-7)4-8/h3-15,31H,2H2,1H3,(H,32,33);7-8H,2-4,6H2,1H3/p+1/b14-9+,25-19+;. The number of aliphatic carboxylic acids is 1. The van der Waals surface area contributed by atoms with Gasteiger partial charge in [-0.1, -0.05) is 85.6 Å². The lowest BCUT2D eigenvalue weighted by Gasteiger charge is -2.17. The smallest absolute Gasteiger partial charge is 0.328 e. The molecule has 0 saturated carbocycles. The summed E-state index contributed by atoms with van der Waals surface area (Å²) in [5.74, 6) is -1.41. The highest BCUT2D eigenvalue weighted by atomic mass is 35.5. The maximum atomic E-state index is 13.8. The van der Waals surface area contributed by atoms with Gasteiger partial charge in [-0.15, -0.1) is 0 Å². The van der Waals surface area contributed by atoms with Gasteiger partial charge in [-0.2, -0.15) is 0 Å². The van der Waals surface area contributed by atoms with Gasteiger partial charge in [0.05, 0.1) is 15.7 Å². The largest absolute Gasteiger partial charge is 0.478 e. The summed E-state index contributed by atoms with van der Waals surface area (Å²) in [6.45, 7) is 3.81. The second kappa shape index (κ2) is 14.4. The van der Waals surface area contributed by atoms with Crippen LogP contribution in [-0.2, 0) is 4.79 Å². The van der Waals surface area contributed by atoms with Crippen LogP contribution in [0.15, 0.2) is 72.8 Å². The number of nitrogens with one attached hydrogen (secondary N) is 1. The van der Waals surface area contributed by atoms with Crippen LogP contribution < -0.4 is 5.73 Å². The van der Waals surface area contributed by atoms with E-state index in [4.69, 9.17) is 38.5 Å². The van der Waals surface area contributed by atoms with E-state index < -0.39 is 17.3 Å². The molecule has 0 spiro atoms. The van der Waals surface area contributed by atoms with Gasteiger partial charge in [-0.3, -0.25) is 0 Å². The molecule has 7 N–H and O–H groups in total. The zero-order chi connectivity index (χ0) is 30.2. The summed E-state index contributed by atoms with van der Waals surface area (Å²) in [6, 6.07) is 19.6. The topological polar surface area (TPSA) is 121 Å². The Labute approximate surface area is 248 Å². The van der Waals surface area contributed by atoms with Gasteiger partial charge in [-0.05, 0) is 53.0 Å². The van der Waals surface area contributed by atoms with Crippen LogP contribution in [0.4, 0.5) is 4.39 Å². The average molecular weight is 601 g/mol. The van der Waals surface area contributed by atoms with Crippen LogP contribution in [0.3, 0.4) is 0 Å². The van der Waals surface area contributed by atoms with Gasteiger partial charge in [-0.25, -0.2) is 9.18 Å². The van der Waals surface area contributed by atoms with Gasteiger partial charge in [0.2, 0.25) is 0 Å². The van der Waals surface area contributed by atoms with E-state index in [0.717, 1.165) is 50.5 Å². The number of aliphatic hydroxyl groups is 2. The Bertz CT molecular complexity index is 1550. The zero-order valence-corrected chi connectivity index (χ0v) is 24.4. The lowest BCUT2D eigenvalue weighted by atomic mass is 9.90. The maximum absolute atomic E-state index is 13.8. The number of carbonyl (C=O) groups is 1. The highest BCUT2D eigenvalue weighted by molar-refractivity contribution is 6.38. The molecule has 3 aromatic carbocycles. The number of aliphatic hydroxyl groups excluding tert-OH is 2. The highest BCUT2D eigenvalue weighted by Gasteiger charge is 2.24. The van der Waals surface area contributed by atoms with E-state index in [1.54, 1.807) is 6.07 Å². The molecule has 41 heavy (non-hydrogen) atoms. The average Bonchev–Trinajstić information content (AvgIpc) is 3.31. The number of hydrogen-bond donors (Lipinski definition) is 5. The molecule has 9 heteroatoms. The molecule has 0 atom stereocenters. The quantitative estimate of drug-likeness (QED) is 0.112. The van der Waals surface area contributed by atoms with Gasteiger partial charge in [0, 0.05) is 29.0 Å². The number of carboxylic acid groups (broad SMARTS) is 1. The molecule has 0 saturated heterocycles. The Morgan fingerprint density at radius 3 is 2.20 bits per heavy atom. The summed E-state index contributed by atoms with van der Waals surface area (Å²) in [7, 11) is 0. The molecule has 6 nitrogen and oxygen atoms in total. The molecule has 216 valence electrons. The maximum Gasteiger partial charge on any atom is 0.328 e. The number of hydrogen-bond acceptors (Lipinski definition) is 3. The molecule has 0 bridgehead atoms. The van der Waals surface area contributed by atoms with Gasteiger partial charge < -0.3 is 26.0 Å². The number of rotatable bonds is 9. The Kier molecular flexibility index (Phi) is 11.3. The summed E-state index contributed by atoms with van der Waals surface area (Å²) >= 11 is 13.3. The summed E-state index contributed by atoms with van der Waals surface area (Å²) in [5, 5.41) is 27.8.